The summed E-state index contributed by atoms with van der Waals surface area (Å²) < 4.78 is 48.3. The molecule has 2 aromatic rings. The Morgan fingerprint density at radius 3 is 2.67 bits per heavy atom. The van der Waals surface area contributed by atoms with Crippen LogP contribution in [0, 0.1) is 0 Å². The molecule has 6 nitrogen and oxygen atoms in total. The lowest BCUT2D eigenvalue weighted by atomic mass is 10.0. The summed E-state index contributed by atoms with van der Waals surface area (Å²) in [4.78, 5) is 9.11. The molecule has 4 rings (SSSR count). The van der Waals surface area contributed by atoms with Crippen molar-refractivity contribution in [1.82, 2.24) is 19.9 Å². The van der Waals surface area contributed by atoms with Gasteiger partial charge in [0.1, 0.15) is 10.9 Å². The van der Waals surface area contributed by atoms with Crippen LogP contribution in [-0.2, 0) is 17.2 Å². The Morgan fingerprint density at radius 1 is 1.33 bits per heavy atom. The zero-order valence-corrected chi connectivity index (χ0v) is 17.5. The number of hydrogen-bond donors (Lipinski definition) is 2. The quantitative estimate of drug-likeness (QED) is 0.765. The van der Waals surface area contributed by atoms with Gasteiger partial charge in [-0.3, -0.25) is 4.98 Å². The van der Waals surface area contributed by atoms with E-state index in [4.69, 9.17) is 4.74 Å². The van der Waals surface area contributed by atoms with Gasteiger partial charge < -0.3 is 19.7 Å². The van der Waals surface area contributed by atoms with Crippen LogP contribution >= 0.6 is 0 Å². The number of aryl methyl sites for hydroxylation is 1. The van der Waals surface area contributed by atoms with Crippen LogP contribution in [0.3, 0.4) is 0 Å². The van der Waals surface area contributed by atoms with E-state index in [-0.39, 0.29) is 49.4 Å². The highest BCUT2D eigenvalue weighted by atomic mass is 19.4. The fourth-order valence-electron chi connectivity index (χ4n) is 4.62. The molecule has 30 heavy (non-hydrogen) atoms. The zero-order chi connectivity index (χ0) is 21.7. The molecule has 0 radical (unpaired) electrons. The molecule has 1 saturated carbocycles. The second-order valence-electron chi connectivity index (χ2n) is 8.83. The number of alkyl halides is 3. The topological polar surface area (TPSA) is 72.2 Å². The second kappa shape index (κ2) is 7.76. The van der Waals surface area contributed by atoms with Gasteiger partial charge in [0, 0.05) is 12.7 Å². The van der Waals surface area contributed by atoms with Crippen LogP contribution in [0.1, 0.15) is 63.4 Å². The number of aliphatic hydroxyl groups is 1. The maximum Gasteiger partial charge on any atom is 0.399 e. The Morgan fingerprint density at radius 2 is 2.07 bits per heavy atom. The SMILES string of the molecule is CC(C)O[C@@H]1CCCC(c2cnc3cc(C4(C(F)(F)F)CC4)n(C)c3n2)N[C@H]1CO. The third-order valence-electron chi connectivity index (χ3n) is 6.38. The summed E-state index contributed by atoms with van der Waals surface area (Å²) in [5.41, 5.74) is 0.0684. The Bertz CT molecular complexity index is 908. The van der Waals surface area contributed by atoms with Gasteiger partial charge in [0.15, 0.2) is 5.65 Å². The fourth-order valence-corrected chi connectivity index (χ4v) is 4.62. The highest BCUT2D eigenvalue weighted by molar-refractivity contribution is 5.74. The number of hydrogen-bond acceptors (Lipinski definition) is 5. The fraction of sp³-hybridized carbons (Fsp3) is 0.714. The normalized spacial score (nSPS) is 26.9. The standard InChI is InChI=1S/C21H29F3N4O2/c1-12(2)30-17-6-4-5-13(26-16(17)11-29)15-10-25-14-9-18(28(3)19(14)27-15)20(7-8-20)21(22,23)24/h9-10,12-13,16-17,26,29H,4-8,11H2,1-3H3/t13?,16-,17+/m0/s1. The monoisotopic (exact) mass is 426 g/mol. The molecule has 3 heterocycles. The van der Waals surface area contributed by atoms with Crippen molar-refractivity contribution in [2.75, 3.05) is 6.61 Å². The number of aromatic nitrogens is 3. The minimum Gasteiger partial charge on any atom is -0.395 e. The summed E-state index contributed by atoms with van der Waals surface area (Å²) >= 11 is 0. The molecule has 1 saturated heterocycles. The summed E-state index contributed by atoms with van der Waals surface area (Å²) in [6, 6.07) is 1.15. The minimum absolute atomic E-state index is 0.0590. The van der Waals surface area contributed by atoms with E-state index < -0.39 is 11.6 Å². The number of ether oxygens (including phenoxy) is 1. The third kappa shape index (κ3) is 3.71. The molecule has 2 fully saturated rings. The van der Waals surface area contributed by atoms with Crippen molar-refractivity contribution in [3.8, 4) is 0 Å². The summed E-state index contributed by atoms with van der Waals surface area (Å²) in [6.07, 6.45) is 0.0311. The molecule has 1 aliphatic carbocycles. The van der Waals surface area contributed by atoms with E-state index in [0.29, 0.717) is 16.9 Å². The van der Waals surface area contributed by atoms with E-state index in [1.165, 1.54) is 10.6 Å². The van der Waals surface area contributed by atoms with Crippen LogP contribution in [0.25, 0.3) is 11.2 Å². The molecular weight excluding hydrogens is 397 g/mol. The van der Waals surface area contributed by atoms with E-state index >= 15 is 0 Å². The van der Waals surface area contributed by atoms with Gasteiger partial charge >= 0.3 is 6.18 Å². The first-order valence-electron chi connectivity index (χ1n) is 10.6. The van der Waals surface area contributed by atoms with Crippen LogP contribution < -0.4 is 5.32 Å². The highest BCUT2D eigenvalue weighted by Crippen LogP contribution is 2.59. The summed E-state index contributed by atoms with van der Waals surface area (Å²) in [6.45, 7) is 3.87. The van der Waals surface area contributed by atoms with Gasteiger partial charge in [-0.25, -0.2) is 4.98 Å². The third-order valence-corrected chi connectivity index (χ3v) is 6.38. The summed E-state index contributed by atoms with van der Waals surface area (Å²) in [7, 11) is 1.63. The Hall–Kier alpha value is -1.71. The van der Waals surface area contributed by atoms with E-state index in [1.807, 2.05) is 13.8 Å². The first-order chi connectivity index (χ1) is 14.2. The van der Waals surface area contributed by atoms with E-state index in [2.05, 4.69) is 15.3 Å². The maximum absolute atomic E-state index is 13.6. The van der Waals surface area contributed by atoms with Crippen molar-refractivity contribution in [2.45, 2.75) is 81.8 Å². The molecule has 0 aromatic carbocycles. The predicted octanol–water partition coefficient (Wildman–Crippen LogP) is 3.53. The van der Waals surface area contributed by atoms with Gasteiger partial charge in [-0.05, 0) is 52.0 Å². The lowest BCUT2D eigenvalue weighted by Crippen LogP contribution is -2.45. The summed E-state index contributed by atoms with van der Waals surface area (Å²) in [5, 5.41) is 13.3. The van der Waals surface area contributed by atoms with Crippen molar-refractivity contribution in [3.63, 3.8) is 0 Å². The average molecular weight is 426 g/mol. The molecule has 3 atom stereocenters. The van der Waals surface area contributed by atoms with Gasteiger partial charge in [-0.2, -0.15) is 13.2 Å². The number of fused-ring (bicyclic) bond motifs is 1. The van der Waals surface area contributed by atoms with Gasteiger partial charge in [-0.1, -0.05) is 0 Å². The second-order valence-corrected chi connectivity index (χ2v) is 8.83. The largest absolute Gasteiger partial charge is 0.399 e. The number of rotatable bonds is 5. The van der Waals surface area contributed by atoms with Crippen LogP contribution in [-0.4, -0.2) is 50.7 Å². The van der Waals surface area contributed by atoms with Crippen molar-refractivity contribution in [2.24, 2.45) is 7.05 Å². The number of nitrogens with one attached hydrogen (secondary N) is 1. The van der Waals surface area contributed by atoms with E-state index in [0.717, 1.165) is 19.3 Å². The molecule has 9 heteroatoms. The first-order valence-corrected chi connectivity index (χ1v) is 10.6. The van der Waals surface area contributed by atoms with Gasteiger partial charge in [0.2, 0.25) is 0 Å². The van der Waals surface area contributed by atoms with Crippen LogP contribution in [0.5, 0.6) is 0 Å². The van der Waals surface area contributed by atoms with E-state index in [1.54, 1.807) is 13.2 Å². The summed E-state index contributed by atoms with van der Waals surface area (Å²) in [5.74, 6) is 0. The molecule has 2 aliphatic rings. The lowest BCUT2D eigenvalue weighted by molar-refractivity contribution is -0.162. The first kappa shape index (κ1) is 21.5. The van der Waals surface area contributed by atoms with Crippen LogP contribution in [0.2, 0.25) is 0 Å². The lowest BCUT2D eigenvalue weighted by Gasteiger charge is -2.28. The van der Waals surface area contributed by atoms with Crippen molar-refractivity contribution in [1.29, 1.82) is 0 Å². The molecule has 0 bridgehead atoms. The zero-order valence-electron chi connectivity index (χ0n) is 17.5. The molecule has 1 aliphatic heterocycles. The number of nitrogens with zero attached hydrogens (tertiary/aromatic N) is 3. The molecule has 2 aromatic heterocycles. The van der Waals surface area contributed by atoms with Gasteiger partial charge in [0.05, 0.1) is 42.8 Å². The smallest absolute Gasteiger partial charge is 0.395 e. The van der Waals surface area contributed by atoms with Gasteiger partial charge in [0.25, 0.3) is 0 Å². The number of halogens is 3. The van der Waals surface area contributed by atoms with Crippen molar-refractivity contribution >= 4 is 11.2 Å². The molecule has 0 amide bonds. The molecule has 1 unspecified atom stereocenters. The highest BCUT2D eigenvalue weighted by Gasteiger charge is 2.65. The maximum atomic E-state index is 13.6. The Labute approximate surface area is 173 Å². The Kier molecular flexibility index (Phi) is 5.57. The van der Waals surface area contributed by atoms with Gasteiger partial charge in [-0.15, -0.1) is 0 Å². The molecule has 0 spiro atoms. The molecule has 2 N–H and O–H groups in total. The van der Waals surface area contributed by atoms with Crippen molar-refractivity contribution in [3.05, 3.63) is 23.7 Å². The van der Waals surface area contributed by atoms with E-state index in [9.17, 15) is 18.3 Å². The minimum atomic E-state index is -4.28. The van der Waals surface area contributed by atoms with Crippen LogP contribution in [0.15, 0.2) is 12.3 Å². The van der Waals surface area contributed by atoms with Crippen LogP contribution in [0.4, 0.5) is 13.2 Å². The molecule has 166 valence electrons. The number of aliphatic hydroxyl groups excluding tert-OH is 1. The average Bonchev–Trinajstić information content (AvgIpc) is 3.45. The molecular formula is C21H29F3N4O2. The Balaban J connectivity index is 1.63. The predicted molar refractivity (Wildman–Crippen MR) is 106 cm³/mol. The van der Waals surface area contributed by atoms with Crippen molar-refractivity contribution < 1.29 is 23.0 Å².